The van der Waals surface area contributed by atoms with Gasteiger partial charge in [0.2, 0.25) is 5.88 Å². The molecule has 0 atom stereocenters. The van der Waals surface area contributed by atoms with Gasteiger partial charge in [-0.15, -0.1) is 10.2 Å². The number of aromatic hydroxyl groups is 1. The molecule has 1 heterocycles. The highest BCUT2D eigenvalue weighted by molar-refractivity contribution is 9.10. The molecule has 1 aromatic heterocycles. The molecule has 0 saturated heterocycles. The first-order valence-corrected chi connectivity index (χ1v) is 8.84. The van der Waals surface area contributed by atoms with Gasteiger partial charge in [0.25, 0.3) is 5.91 Å². The molecule has 0 spiro atoms. The summed E-state index contributed by atoms with van der Waals surface area (Å²) in [6, 6.07) is 12.3. The lowest BCUT2D eigenvalue weighted by Crippen LogP contribution is -1.99. The molecular formula is C19H18BrN3O3. The standard InChI is InChI=1S/C19H18BrN3O3/c1-11(2)23-16-9-8-14(26-3)10-15(16)17(19(23)25)21-22-18(24)12-4-6-13(20)7-5-12/h4-11,25H,1-3H3. The first-order chi connectivity index (χ1) is 12.4. The minimum absolute atomic E-state index is 0.0111. The van der Waals surface area contributed by atoms with E-state index in [1.807, 2.05) is 26.0 Å². The van der Waals surface area contributed by atoms with Crippen molar-refractivity contribution in [1.82, 2.24) is 4.57 Å². The summed E-state index contributed by atoms with van der Waals surface area (Å²) in [4.78, 5) is 12.3. The number of azo groups is 1. The number of carbonyl (C=O) groups is 1. The third kappa shape index (κ3) is 3.35. The average molecular weight is 416 g/mol. The Balaban J connectivity index is 2.07. The van der Waals surface area contributed by atoms with Crippen molar-refractivity contribution in [2.24, 2.45) is 10.2 Å². The summed E-state index contributed by atoms with van der Waals surface area (Å²) in [5.74, 6) is 0.120. The Bertz CT molecular complexity index is 991. The van der Waals surface area contributed by atoms with Gasteiger partial charge >= 0.3 is 0 Å². The smallest absolute Gasteiger partial charge is 0.295 e. The molecule has 0 bridgehead atoms. The Morgan fingerprint density at radius 3 is 2.50 bits per heavy atom. The Morgan fingerprint density at radius 1 is 1.19 bits per heavy atom. The largest absolute Gasteiger partial charge is 0.497 e. The van der Waals surface area contributed by atoms with Crippen LogP contribution in [-0.2, 0) is 0 Å². The van der Waals surface area contributed by atoms with Crippen LogP contribution in [0.5, 0.6) is 11.6 Å². The molecule has 1 amide bonds. The van der Waals surface area contributed by atoms with Crippen LogP contribution in [0.4, 0.5) is 5.69 Å². The fourth-order valence-electron chi connectivity index (χ4n) is 2.76. The van der Waals surface area contributed by atoms with Crippen molar-refractivity contribution in [2.45, 2.75) is 19.9 Å². The molecule has 3 aromatic rings. The Labute approximate surface area is 159 Å². The molecule has 2 aromatic carbocycles. The summed E-state index contributed by atoms with van der Waals surface area (Å²) in [5.41, 5.74) is 1.46. The van der Waals surface area contributed by atoms with E-state index in [1.54, 1.807) is 42.0 Å². The predicted octanol–water partition coefficient (Wildman–Crippen LogP) is 5.62. The molecular weight excluding hydrogens is 398 g/mol. The second-order valence-electron chi connectivity index (χ2n) is 6.03. The second-order valence-corrected chi connectivity index (χ2v) is 6.95. The quantitative estimate of drug-likeness (QED) is 0.561. The van der Waals surface area contributed by atoms with Gasteiger partial charge in [-0.25, -0.2) is 0 Å². The Morgan fingerprint density at radius 2 is 1.88 bits per heavy atom. The molecule has 0 aliphatic carbocycles. The topological polar surface area (TPSA) is 76.2 Å². The number of aromatic nitrogens is 1. The van der Waals surface area contributed by atoms with E-state index in [4.69, 9.17) is 4.74 Å². The molecule has 6 nitrogen and oxygen atoms in total. The SMILES string of the molecule is COc1ccc2c(c1)c(N=NC(=O)c1ccc(Br)cc1)c(O)n2C(C)C. The molecule has 1 N–H and O–H groups in total. The van der Waals surface area contributed by atoms with Crippen molar-refractivity contribution in [3.63, 3.8) is 0 Å². The lowest BCUT2D eigenvalue weighted by Gasteiger charge is -2.10. The second kappa shape index (κ2) is 7.29. The molecule has 0 fully saturated rings. The van der Waals surface area contributed by atoms with Crippen LogP contribution in [0.3, 0.4) is 0 Å². The van der Waals surface area contributed by atoms with E-state index in [2.05, 4.69) is 26.2 Å². The molecule has 0 saturated carbocycles. The first kappa shape index (κ1) is 18.1. The zero-order chi connectivity index (χ0) is 18.8. The van der Waals surface area contributed by atoms with Crippen molar-refractivity contribution in [1.29, 1.82) is 0 Å². The van der Waals surface area contributed by atoms with E-state index < -0.39 is 5.91 Å². The van der Waals surface area contributed by atoms with Crippen LogP contribution in [0.1, 0.15) is 30.2 Å². The van der Waals surface area contributed by atoms with Gasteiger partial charge in [0.1, 0.15) is 5.75 Å². The molecule has 0 aliphatic rings. The number of hydrogen-bond acceptors (Lipinski definition) is 4. The van der Waals surface area contributed by atoms with E-state index in [1.165, 1.54) is 0 Å². The van der Waals surface area contributed by atoms with Crippen LogP contribution in [0.25, 0.3) is 10.9 Å². The summed E-state index contributed by atoms with van der Waals surface area (Å²) in [7, 11) is 1.57. The van der Waals surface area contributed by atoms with Crippen LogP contribution in [0.2, 0.25) is 0 Å². The number of rotatable bonds is 4. The number of benzene rings is 2. The fraction of sp³-hybridized carbons (Fsp3) is 0.211. The van der Waals surface area contributed by atoms with Crippen LogP contribution >= 0.6 is 15.9 Å². The van der Waals surface area contributed by atoms with Crippen molar-refractivity contribution < 1.29 is 14.6 Å². The normalized spacial score (nSPS) is 11.6. The molecule has 134 valence electrons. The van der Waals surface area contributed by atoms with Gasteiger partial charge in [-0.05, 0) is 56.3 Å². The van der Waals surface area contributed by atoms with E-state index in [0.29, 0.717) is 16.7 Å². The zero-order valence-corrected chi connectivity index (χ0v) is 16.2. The first-order valence-electron chi connectivity index (χ1n) is 8.05. The van der Waals surface area contributed by atoms with Gasteiger partial charge in [0, 0.05) is 21.5 Å². The predicted molar refractivity (Wildman–Crippen MR) is 104 cm³/mol. The van der Waals surface area contributed by atoms with E-state index in [0.717, 1.165) is 9.99 Å². The van der Waals surface area contributed by atoms with Crippen molar-refractivity contribution in [3.05, 3.63) is 52.5 Å². The van der Waals surface area contributed by atoms with Gasteiger partial charge in [0.05, 0.1) is 12.6 Å². The number of amides is 1. The van der Waals surface area contributed by atoms with Gasteiger partial charge in [-0.1, -0.05) is 15.9 Å². The maximum Gasteiger partial charge on any atom is 0.295 e. The van der Waals surface area contributed by atoms with Crippen molar-refractivity contribution in [2.75, 3.05) is 7.11 Å². The third-order valence-electron chi connectivity index (χ3n) is 4.01. The highest BCUT2D eigenvalue weighted by atomic mass is 79.9. The molecule has 0 unspecified atom stereocenters. The van der Waals surface area contributed by atoms with Crippen LogP contribution in [0, 0.1) is 0 Å². The van der Waals surface area contributed by atoms with Crippen LogP contribution in [0.15, 0.2) is 57.2 Å². The van der Waals surface area contributed by atoms with Gasteiger partial charge < -0.3 is 14.4 Å². The van der Waals surface area contributed by atoms with E-state index in [9.17, 15) is 9.90 Å². The fourth-order valence-corrected chi connectivity index (χ4v) is 3.02. The highest BCUT2D eigenvalue weighted by Gasteiger charge is 2.19. The van der Waals surface area contributed by atoms with Gasteiger partial charge in [-0.2, -0.15) is 0 Å². The highest BCUT2D eigenvalue weighted by Crippen LogP contribution is 2.42. The Kier molecular flexibility index (Phi) is 5.08. The molecule has 0 aliphatic heterocycles. The van der Waals surface area contributed by atoms with E-state index in [-0.39, 0.29) is 17.6 Å². The third-order valence-corrected chi connectivity index (χ3v) is 4.54. The zero-order valence-electron chi connectivity index (χ0n) is 14.6. The number of carbonyl (C=O) groups excluding carboxylic acids is 1. The number of nitrogens with zero attached hydrogens (tertiary/aromatic N) is 3. The average Bonchev–Trinajstić information content (AvgIpc) is 2.90. The van der Waals surface area contributed by atoms with Crippen molar-refractivity contribution in [3.8, 4) is 11.6 Å². The molecule has 7 heteroatoms. The monoisotopic (exact) mass is 415 g/mol. The number of halogens is 1. The summed E-state index contributed by atoms with van der Waals surface area (Å²) in [6.07, 6.45) is 0. The van der Waals surface area contributed by atoms with Crippen LogP contribution in [-0.4, -0.2) is 22.7 Å². The van der Waals surface area contributed by atoms with Gasteiger partial charge in [0.15, 0.2) is 5.69 Å². The number of ether oxygens (including phenoxy) is 1. The maximum atomic E-state index is 12.3. The maximum absolute atomic E-state index is 12.3. The lowest BCUT2D eigenvalue weighted by atomic mass is 10.2. The molecule has 0 radical (unpaired) electrons. The summed E-state index contributed by atoms with van der Waals surface area (Å²) in [6.45, 7) is 3.91. The Hall–Kier alpha value is -2.67. The summed E-state index contributed by atoms with van der Waals surface area (Å²) >= 11 is 3.32. The minimum atomic E-state index is -0.481. The lowest BCUT2D eigenvalue weighted by molar-refractivity contribution is 0.0995. The molecule has 26 heavy (non-hydrogen) atoms. The molecule has 3 rings (SSSR count). The minimum Gasteiger partial charge on any atom is -0.497 e. The summed E-state index contributed by atoms with van der Waals surface area (Å²) in [5, 5.41) is 19.1. The number of fused-ring (bicyclic) bond motifs is 1. The summed E-state index contributed by atoms with van der Waals surface area (Å²) < 4.78 is 7.87. The number of hydrogen-bond donors (Lipinski definition) is 1. The van der Waals surface area contributed by atoms with Gasteiger partial charge in [-0.3, -0.25) is 4.79 Å². The van der Waals surface area contributed by atoms with Crippen LogP contribution < -0.4 is 4.74 Å². The number of methoxy groups -OCH3 is 1. The van der Waals surface area contributed by atoms with E-state index >= 15 is 0 Å². The van der Waals surface area contributed by atoms with Crippen molar-refractivity contribution >= 4 is 38.4 Å².